The second kappa shape index (κ2) is 7.05. The molecule has 0 unspecified atom stereocenters. The molecular weight excluding hydrogens is 284 g/mol. The largest absolute Gasteiger partial charge is 0.497 e. The van der Waals surface area contributed by atoms with E-state index in [1.165, 1.54) is 22.5 Å². The number of hydrogen-bond donors (Lipinski definition) is 1. The van der Waals surface area contributed by atoms with Gasteiger partial charge in [-0.05, 0) is 35.4 Å². The number of likely N-dealkylation sites (N-methyl/N-ethyl adjacent to an activating group) is 1. The number of hydrogen-bond acceptors (Lipinski definition) is 3. The zero-order valence-electron chi connectivity index (χ0n) is 13.6. The Balaban J connectivity index is 1.70. The molecule has 1 saturated heterocycles. The maximum absolute atomic E-state index is 5.20. The fourth-order valence-electron chi connectivity index (χ4n) is 2.65. The number of rotatable bonds is 3. The van der Waals surface area contributed by atoms with Crippen molar-refractivity contribution in [2.45, 2.75) is 0 Å². The number of piperazine rings is 1. The number of nitrogens with zero attached hydrogens (tertiary/aromatic N) is 1. The number of ether oxygens (including phenoxy) is 1. The molecule has 1 fully saturated rings. The highest BCUT2D eigenvalue weighted by Crippen LogP contribution is 2.18. The Bertz CT molecular complexity index is 702. The van der Waals surface area contributed by atoms with Gasteiger partial charge in [0.1, 0.15) is 5.75 Å². The Morgan fingerprint density at radius 1 is 0.957 bits per heavy atom. The number of methoxy groups -OCH3 is 1. The van der Waals surface area contributed by atoms with Crippen molar-refractivity contribution in [3.05, 3.63) is 77.1 Å². The summed E-state index contributed by atoms with van der Waals surface area (Å²) in [7, 11) is 3.82. The summed E-state index contributed by atoms with van der Waals surface area (Å²) in [6.07, 6.45) is 4.42. The lowest BCUT2D eigenvalue weighted by atomic mass is 10.1. The third kappa shape index (κ3) is 3.95. The lowest BCUT2D eigenvalue weighted by Gasteiger charge is -2.31. The minimum atomic E-state index is 0.835. The lowest BCUT2D eigenvalue weighted by molar-refractivity contribution is 0.401. The Morgan fingerprint density at radius 2 is 1.65 bits per heavy atom. The summed E-state index contributed by atoms with van der Waals surface area (Å²) >= 11 is 0. The van der Waals surface area contributed by atoms with Gasteiger partial charge in [-0.25, -0.2) is 0 Å². The van der Waals surface area contributed by atoms with E-state index in [0.717, 1.165) is 18.8 Å². The fourth-order valence-corrected chi connectivity index (χ4v) is 2.65. The highest BCUT2D eigenvalue weighted by Gasteiger charge is 2.14. The van der Waals surface area contributed by atoms with Crippen LogP contribution in [-0.2, 0) is 0 Å². The second-order valence-corrected chi connectivity index (χ2v) is 5.70. The maximum atomic E-state index is 5.20. The molecule has 2 aromatic rings. The summed E-state index contributed by atoms with van der Waals surface area (Å²) in [6, 6.07) is 18.5. The van der Waals surface area contributed by atoms with Crippen molar-refractivity contribution in [1.29, 1.82) is 0 Å². The normalized spacial score (nSPS) is 18.1. The van der Waals surface area contributed by atoms with Gasteiger partial charge in [0.2, 0.25) is 0 Å². The standard InChI is InChI=1S/C20H22N2O/c1-22-15-18(12-16-6-4-3-5-7-16)21-14-19(22)13-17-8-10-20(23-2)11-9-17/h3-13,21H,14-15H2,1-2H3. The van der Waals surface area contributed by atoms with Crippen molar-refractivity contribution in [3.63, 3.8) is 0 Å². The predicted molar refractivity (Wildman–Crippen MR) is 96.0 cm³/mol. The number of benzene rings is 2. The summed E-state index contributed by atoms with van der Waals surface area (Å²) in [6.45, 7) is 1.72. The quantitative estimate of drug-likeness (QED) is 0.937. The molecule has 3 heteroatoms. The zero-order valence-corrected chi connectivity index (χ0v) is 13.6. The molecule has 23 heavy (non-hydrogen) atoms. The maximum Gasteiger partial charge on any atom is 0.118 e. The Kier molecular flexibility index (Phi) is 4.67. The first-order valence-electron chi connectivity index (χ1n) is 7.80. The van der Waals surface area contributed by atoms with Gasteiger partial charge >= 0.3 is 0 Å². The molecule has 1 N–H and O–H groups in total. The molecule has 1 aliphatic heterocycles. The van der Waals surface area contributed by atoms with Gasteiger partial charge in [0, 0.05) is 18.4 Å². The van der Waals surface area contributed by atoms with Crippen LogP contribution in [0.5, 0.6) is 5.75 Å². The van der Waals surface area contributed by atoms with Crippen LogP contribution in [0.2, 0.25) is 0 Å². The van der Waals surface area contributed by atoms with Crippen LogP contribution in [0.1, 0.15) is 11.1 Å². The summed E-state index contributed by atoms with van der Waals surface area (Å²) in [5.41, 5.74) is 4.93. The van der Waals surface area contributed by atoms with E-state index >= 15 is 0 Å². The van der Waals surface area contributed by atoms with Gasteiger partial charge in [0.25, 0.3) is 0 Å². The average Bonchev–Trinajstić information content (AvgIpc) is 2.59. The van der Waals surface area contributed by atoms with Crippen molar-refractivity contribution in [2.24, 2.45) is 0 Å². The van der Waals surface area contributed by atoms with Crippen LogP contribution in [0.3, 0.4) is 0 Å². The van der Waals surface area contributed by atoms with E-state index in [4.69, 9.17) is 4.74 Å². The van der Waals surface area contributed by atoms with E-state index in [2.05, 4.69) is 65.8 Å². The fraction of sp³-hybridized carbons (Fsp3) is 0.200. The van der Waals surface area contributed by atoms with Gasteiger partial charge in [-0.1, -0.05) is 42.5 Å². The summed E-state index contributed by atoms with van der Waals surface area (Å²) in [4.78, 5) is 2.29. The molecular formula is C20H22N2O. The summed E-state index contributed by atoms with van der Waals surface area (Å²) in [5.74, 6) is 0.885. The van der Waals surface area contributed by atoms with Crippen LogP contribution in [0.4, 0.5) is 0 Å². The molecule has 0 aromatic heterocycles. The number of nitrogens with one attached hydrogen (secondary N) is 1. The van der Waals surface area contributed by atoms with E-state index in [1.807, 2.05) is 18.2 Å². The highest BCUT2D eigenvalue weighted by molar-refractivity contribution is 5.57. The average molecular weight is 306 g/mol. The van der Waals surface area contributed by atoms with Crippen molar-refractivity contribution < 1.29 is 4.74 Å². The van der Waals surface area contributed by atoms with Crippen LogP contribution in [0, 0.1) is 0 Å². The molecule has 0 amide bonds. The van der Waals surface area contributed by atoms with E-state index in [0.29, 0.717) is 0 Å². The molecule has 0 bridgehead atoms. The summed E-state index contributed by atoms with van der Waals surface area (Å²) < 4.78 is 5.20. The Labute approximate surface area is 137 Å². The topological polar surface area (TPSA) is 24.5 Å². The molecule has 3 rings (SSSR count). The minimum absolute atomic E-state index is 0.835. The third-order valence-electron chi connectivity index (χ3n) is 3.98. The molecule has 0 atom stereocenters. The molecule has 2 aromatic carbocycles. The summed E-state index contributed by atoms with van der Waals surface area (Å²) in [5, 5.41) is 3.52. The lowest BCUT2D eigenvalue weighted by Crippen LogP contribution is -2.37. The van der Waals surface area contributed by atoms with Crippen LogP contribution in [0.25, 0.3) is 12.2 Å². The van der Waals surface area contributed by atoms with Gasteiger partial charge in [-0.15, -0.1) is 0 Å². The van der Waals surface area contributed by atoms with Crippen LogP contribution in [0.15, 0.2) is 66.0 Å². The zero-order chi connectivity index (χ0) is 16.1. The van der Waals surface area contributed by atoms with Crippen molar-refractivity contribution in [2.75, 3.05) is 27.2 Å². The van der Waals surface area contributed by atoms with Gasteiger partial charge in [-0.2, -0.15) is 0 Å². The van der Waals surface area contributed by atoms with Crippen LogP contribution in [-0.4, -0.2) is 32.1 Å². The van der Waals surface area contributed by atoms with Crippen LogP contribution < -0.4 is 10.1 Å². The van der Waals surface area contributed by atoms with Gasteiger partial charge in [-0.3, -0.25) is 0 Å². The van der Waals surface area contributed by atoms with E-state index < -0.39 is 0 Å². The first kappa shape index (κ1) is 15.2. The molecule has 1 heterocycles. The first-order valence-corrected chi connectivity index (χ1v) is 7.80. The molecule has 0 aliphatic carbocycles. The minimum Gasteiger partial charge on any atom is -0.497 e. The van der Waals surface area contributed by atoms with Crippen molar-refractivity contribution >= 4 is 12.2 Å². The highest BCUT2D eigenvalue weighted by atomic mass is 16.5. The molecule has 0 radical (unpaired) electrons. The molecule has 0 spiro atoms. The van der Waals surface area contributed by atoms with E-state index in [-0.39, 0.29) is 0 Å². The van der Waals surface area contributed by atoms with Gasteiger partial charge < -0.3 is 15.0 Å². The van der Waals surface area contributed by atoms with Crippen molar-refractivity contribution in [1.82, 2.24) is 10.2 Å². The van der Waals surface area contributed by atoms with Crippen molar-refractivity contribution in [3.8, 4) is 5.75 Å². The third-order valence-corrected chi connectivity index (χ3v) is 3.98. The smallest absolute Gasteiger partial charge is 0.118 e. The molecule has 0 saturated carbocycles. The predicted octanol–water partition coefficient (Wildman–Crippen LogP) is 3.61. The van der Waals surface area contributed by atoms with Gasteiger partial charge in [0.15, 0.2) is 0 Å². The SMILES string of the molecule is COc1ccc(C=C2CNC(=Cc3ccccc3)CN2C)cc1. The molecule has 1 aliphatic rings. The Morgan fingerprint density at radius 3 is 2.30 bits per heavy atom. The molecule has 118 valence electrons. The Hall–Kier alpha value is -2.68. The first-order chi connectivity index (χ1) is 11.2. The second-order valence-electron chi connectivity index (χ2n) is 5.70. The van der Waals surface area contributed by atoms with E-state index in [1.54, 1.807) is 7.11 Å². The van der Waals surface area contributed by atoms with Crippen LogP contribution >= 0.6 is 0 Å². The van der Waals surface area contributed by atoms with Gasteiger partial charge in [0.05, 0.1) is 20.2 Å². The van der Waals surface area contributed by atoms with E-state index in [9.17, 15) is 0 Å². The monoisotopic (exact) mass is 306 g/mol. The molecule has 3 nitrogen and oxygen atoms in total.